The molecule has 6 nitrogen and oxygen atoms in total. The van der Waals surface area contributed by atoms with Crippen molar-refractivity contribution in [3.63, 3.8) is 0 Å². The first-order valence-electron chi connectivity index (χ1n) is 4.39. The standard InChI is InChI=1S/C9H11N3O3S2/c1-17(14,15)7-4-6(16-5-7)2-3-8(13)12-9(10)11/h2-5H,1H3,(H4,10,11,12,13)/b3-2+. The van der Waals surface area contributed by atoms with Gasteiger partial charge in [-0.1, -0.05) is 0 Å². The maximum atomic E-state index is 11.2. The van der Waals surface area contributed by atoms with Gasteiger partial charge in [0, 0.05) is 22.6 Å². The number of guanidine groups is 1. The third-order valence-electron chi connectivity index (χ3n) is 1.65. The fraction of sp³-hybridized carbons (Fsp3) is 0.111. The predicted octanol–water partition coefficient (Wildman–Crippen LogP) is -0.0352. The molecule has 0 aliphatic heterocycles. The van der Waals surface area contributed by atoms with Crippen LogP contribution in [0, 0.1) is 0 Å². The third kappa shape index (κ3) is 4.37. The lowest BCUT2D eigenvalue weighted by Crippen LogP contribution is -2.23. The monoisotopic (exact) mass is 273 g/mol. The van der Waals surface area contributed by atoms with Crippen molar-refractivity contribution in [2.24, 2.45) is 16.5 Å². The first-order valence-corrected chi connectivity index (χ1v) is 7.16. The Morgan fingerprint density at radius 2 is 2.12 bits per heavy atom. The molecule has 1 rings (SSSR count). The summed E-state index contributed by atoms with van der Waals surface area (Å²) in [5.41, 5.74) is 10.0. The van der Waals surface area contributed by atoms with Crippen LogP contribution in [0.3, 0.4) is 0 Å². The number of hydrogen-bond acceptors (Lipinski definition) is 4. The number of nitrogens with two attached hydrogens (primary N) is 2. The zero-order chi connectivity index (χ0) is 13.1. The maximum absolute atomic E-state index is 11.2. The average Bonchev–Trinajstić information content (AvgIpc) is 2.61. The van der Waals surface area contributed by atoms with Crippen molar-refractivity contribution in [2.75, 3.05) is 6.26 Å². The van der Waals surface area contributed by atoms with Crippen molar-refractivity contribution in [1.82, 2.24) is 0 Å². The molecular weight excluding hydrogens is 262 g/mol. The number of carbonyl (C=O) groups is 1. The maximum Gasteiger partial charge on any atom is 0.272 e. The van der Waals surface area contributed by atoms with Crippen LogP contribution in [0.2, 0.25) is 0 Å². The number of sulfone groups is 1. The van der Waals surface area contributed by atoms with Gasteiger partial charge in [-0.15, -0.1) is 11.3 Å². The van der Waals surface area contributed by atoms with Crippen LogP contribution in [0.5, 0.6) is 0 Å². The van der Waals surface area contributed by atoms with Gasteiger partial charge in [-0.25, -0.2) is 8.42 Å². The second-order valence-corrected chi connectivity index (χ2v) is 6.12. The van der Waals surface area contributed by atoms with E-state index in [4.69, 9.17) is 11.5 Å². The van der Waals surface area contributed by atoms with Crippen LogP contribution in [0.1, 0.15) is 4.88 Å². The van der Waals surface area contributed by atoms with Crippen molar-refractivity contribution in [3.8, 4) is 0 Å². The lowest BCUT2D eigenvalue weighted by molar-refractivity contribution is -0.113. The van der Waals surface area contributed by atoms with Gasteiger partial charge < -0.3 is 11.5 Å². The van der Waals surface area contributed by atoms with Crippen LogP contribution in [-0.4, -0.2) is 26.5 Å². The van der Waals surface area contributed by atoms with Gasteiger partial charge in [0.1, 0.15) is 0 Å². The molecule has 0 saturated carbocycles. The van der Waals surface area contributed by atoms with E-state index in [-0.39, 0.29) is 10.9 Å². The summed E-state index contributed by atoms with van der Waals surface area (Å²) in [5.74, 6) is -0.915. The van der Waals surface area contributed by atoms with Crippen LogP contribution in [-0.2, 0) is 14.6 Å². The third-order valence-corrected chi connectivity index (χ3v) is 3.79. The summed E-state index contributed by atoms with van der Waals surface area (Å²) in [6.45, 7) is 0. The number of hydrogen-bond donors (Lipinski definition) is 2. The second-order valence-electron chi connectivity index (χ2n) is 3.17. The van der Waals surface area contributed by atoms with Gasteiger partial charge in [-0.3, -0.25) is 4.79 Å². The van der Waals surface area contributed by atoms with E-state index in [1.54, 1.807) is 0 Å². The van der Waals surface area contributed by atoms with E-state index >= 15 is 0 Å². The molecule has 0 unspecified atom stereocenters. The van der Waals surface area contributed by atoms with Crippen molar-refractivity contribution in [2.45, 2.75) is 4.90 Å². The average molecular weight is 273 g/mol. The Labute approximate surface area is 103 Å². The molecule has 0 aliphatic carbocycles. The fourth-order valence-electron chi connectivity index (χ4n) is 0.934. The Morgan fingerprint density at radius 1 is 1.47 bits per heavy atom. The minimum Gasteiger partial charge on any atom is -0.370 e. The molecule has 1 aromatic heterocycles. The van der Waals surface area contributed by atoms with E-state index in [0.29, 0.717) is 4.88 Å². The minimum absolute atomic E-state index is 0.219. The molecule has 0 fully saturated rings. The van der Waals surface area contributed by atoms with Crippen molar-refractivity contribution >= 4 is 39.1 Å². The fourth-order valence-corrected chi connectivity index (χ4v) is 2.86. The normalized spacial score (nSPS) is 11.6. The Kier molecular flexibility index (Phi) is 4.02. The Bertz CT molecular complexity index is 580. The molecule has 0 bridgehead atoms. The molecule has 0 aromatic carbocycles. The van der Waals surface area contributed by atoms with Gasteiger partial charge >= 0.3 is 0 Å². The summed E-state index contributed by atoms with van der Waals surface area (Å²) in [6.07, 6.45) is 3.73. The van der Waals surface area contributed by atoms with E-state index in [9.17, 15) is 13.2 Å². The molecule has 17 heavy (non-hydrogen) atoms. The van der Waals surface area contributed by atoms with Gasteiger partial charge in [0.25, 0.3) is 5.91 Å². The van der Waals surface area contributed by atoms with Crippen molar-refractivity contribution in [1.29, 1.82) is 0 Å². The summed E-state index contributed by atoms with van der Waals surface area (Å²) < 4.78 is 22.4. The lowest BCUT2D eigenvalue weighted by Gasteiger charge is -1.88. The highest BCUT2D eigenvalue weighted by Crippen LogP contribution is 2.20. The van der Waals surface area contributed by atoms with Crippen molar-refractivity contribution < 1.29 is 13.2 Å². The number of rotatable bonds is 3. The molecule has 0 radical (unpaired) electrons. The molecule has 1 amide bonds. The molecule has 8 heteroatoms. The van der Waals surface area contributed by atoms with E-state index in [2.05, 4.69) is 4.99 Å². The number of nitrogens with zero attached hydrogens (tertiary/aromatic N) is 1. The minimum atomic E-state index is -3.22. The van der Waals surface area contributed by atoms with Crippen LogP contribution in [0.15, 0.2) is 27.4 Å². The highest BCUT2D eigenvalue weighted by atomic mass is 32.2. The topological polar surface area (TPSA) is 116 Å². The van der Waals surface area contributed by atoms with Crippen LogP contribution in [0.25, 0.3) is 6.08 Å². The molecule has 0 saturated heterocycles. The highest BCUT2D eigenvalue weighted by molar-refractivity contribution is 7.90. The molecular formula is C9H11N3O3S2. The first-order chi connectivity index (χ1) is 7.79. The van der Waals surface area contributed by atoms with Crippen LogP contribution in [0.4, 0.5) is 0 Å². The first kappa shape index (κ1) is 13.4. The highest BCUT2D eigenvalue weighted by Gasteiger charge is 2.08. The molecule has 4 N–H and O–H groups in total. The number of carbonyl (C=O) groups excluding carboxylic acids is 1. The molecule has 92 valence electrons. The number of aliphatic imine (C=N–C) groups is 1. The summed E-state index contributed by atoms with van der Waals surface area (Å²) in [4.78, 5) is 15.2. The van der Waals surface area contributed by atoms with Gasteiger partial charge in [0.05, 0.1) is 4.90 Å². The predicted molar refractivity (Wildman–Crippen MR) is 67.3 cm³/mol. The summed E-state index contributed by atoms with van der Waals surface area (Å²) in [7, 11) is -3.22. The van der Waals surface area contributed by atoms with Gasteiger partial charge in [-0.2, -0.15) is 4.99 Å². The van der Waals surface area contributed by atoms with E-state index in [1.165, 1.54) is 28.9 Å². The largest absolute Gasteiger partial charge is 0.370 e. The smallest absolute Gasteiger partial charge is 0.272 e. The van der Waals surface area contributed by atoms with E-state index in [1.807, 2.05) is 0 Å². The number of amides is 1. The Hall–Kier alpha value is -1.67. The summed E-state index contributed by atoms with van der Waals surface area (Å²) in [6, 6.07) is 1.47. The molecule has 0 spiro atoms. The number of thiophene rings is 1. The molecule has 1 heterocycles. The van der Waals surface area contributed by atoms with Crippen LogP contribution < -0.4 is 11.5 Å². The van der Waals surface area contributed by atoms with Gasteiger partial charge in [-0.05, 0) is 12.1 Å². The Morgan fingerprint density at radius 3 is 2.59 bits per heavy atom. The van der Waals surface area contributed by atoms with Crippen LogP contribution >= 0.6 is 11.3 Å². The van der Waals surface area contributed by atoms with E-state index in [0.717, 1.165) is 12.3 Å². The molecule has 1 aromatic rings. The molecule has 0 aliphatic rings. The quantitative estimate of drug-likeness (QED) is 0.455. The van der Waals surface area contributed by atoms with Crippen molar-refractivity contribution in [3.05, 3.63) is 22.4 Å². The SMILES string of the molecule is CS(=O)(=O)c1csc(/C=C/C(=O)N=C(N)N)c1. The summed E-state index contributed by atoms with van der Waals surface area (Å²) in [5, 5.41) is 1.50. The van der Waals surface area contributed by atoms with E-state index < -0.39 is 15.7 Å². The zero-order valence-corrected chi connectivity index (χ0v) is 10.6. The Balaban J connectivity index is 2.84. The molecule has 0 atom stereocenters. The zero-order valence-electron chi connectivity index (χ0n) is 8.95. The second kappa shape index (κ2) is 5.11. The lowest BCUT2D eigenvalue weighted by atomic mass is 10.4. The van der Waals surface area contributed by atoms with Gasteiger partial charge in [0.15, 0.2) is 15.8 Å². The summed E-state index contributed by atoms with van der Waals surface area (Å²) >= 11 is 1.21. The van der Waals surface area contributed by atoms with Gasteiger partial charge in [0.2, 0.25) is 0 Å².